The standard InChI is InChI=1S/C24H25BrN2OS/c1-16-13-21(27-11-9-22-19(15-27)10-12-29-22)14-17(2)24(16)26-23(28)8-5-18-3-6-20(25)7-4-18/h3-4,6-7,10,12-14H,5,8-9,11,15H2,1-2H3,(H,26,28). The number of hydrogen-bond donors (Lipinski definition) is 1. The van der Waals surface area contributed by atoms with Crippen molar-refractivity contribution < 1.29 is 4.79 Å². The van der Waals surface area contributed by atoms with Gasteiger partial charge in [-0.1, -0.05) is 28.1 Å². The summed E-state index contributed by atoms with van der Waals surface area (Å²) in [6, 6.07) is 14.8. The molecule has 1 aliphatic heterocycles. The van der Waals surface area contributed by atoms with Crippen LogP contribution in [0.5, 0.6) is 0 Å². The summed E-state index contributed by atoms with van der Waals surface area (Å²) >= 11 is 5.31. The Bertz CT molecular complexity index is 1000. The number of nitrogens with one attached hydrogen (secondary N) is 1. The van der Waals surface area contributed by atoms with Crippen molar-refractivity contribution in [2.24, 2.45) is 0 Å². The van der Waals surface area contributed by atoms with Gasteiger partial charge in [0.2, 0.25) is 5.91 Å². The minimum atomic E-state index is 0.0627. The molecular formula is C24H25BrN2OS. The predicted molar refractivity (Wildman–Crippen MR) is 126 cm³/mol. The van der Waals surface area contributed by atoms with Crippen molar-refractivity contribution in [1.82, 2.24) is 0 Å². The predicted octanol–water partition coefficient (Wildman–Crippen LogP) is 6.26. The number of hydrogen-bond acceptors (Lipinski definition) is 3. The lowest BCUT2D eigenvalue weighted by Crippen LogP contribution is -2.29. The van der Waals surface area contributed by atoms with Gasteiger partial charge in [-0.05, 0) is 84.7 Å². The van der Waals surface area contributed by atoms with Crippen LogP contribution in [0.1, 0.15) is 33.6 Å². The minimum absolute atomic E-state index is 0.0627. The summed E-state index contributed by atoms with van der Waals surface area (Å²) in [5, 5.41) is 5.33. The summed E-state index contributed by atoms with van der Waals surface area (Å²) in [5.74, 6) is 0.0627. The largest absolute Gasteiger partial charge is 0.367 e. The second-order valence-electron chi connectivity index (χ2n) is 7.67. The highest BCUT2D eigenvalue weighted by atomic mass is 79.9. The fourth-order valence-electron chi connectivity index (χ4n) is 3.90. The van der Waals surface area contributed by atoms with Gasteiger partial charge in [0.15, 0.2) is 0 Å². The summed E-state index contributed by atoms with van der Waals surface area (Å²) in [6.45, 7) is 6.18. The number of amides is 1. The third-order valence-electron chi connectivity index (χ3n) is 5.51. The van der Waals surface area contributed by atoms with Crippen LogP contribution in [0.4, 0.5) is 11.4 Å². The molecule has 0 saturated heterocycles. The van der Waals surface area contributed by atoms with E-state index in [0.29, 0.717) is 6.42 Å². The van der Waals surface area contributed by atoms with Crippen molar-refractivity contribution in [2.45, 2.75) is 39.7 Å². The van der Waals surface area contributed by atoms with Crippen LogP contribution in [0.3, 0.4) is 0 Å². The molecule has 0 fully saturated rings. The normalized spacial score (nSPS) is 13.3. The molecule has 1 amide bonds. The highest BCUT2D eigenvalue weighted by Gasteiger charge is 2.19. The Kier molecular flexibility index (Phi) is 6.07. The number of carbonyl (C=O) groups excluding carboxylic acids is 1. The average molecular weight is 469 g/mol. The van der Waals surface area contributed by atoms with Crippen LogP contribution in [-0.4, -0.2) is 12.5 Å². The maximum absolute atomic E-state index is 12.5. The first-order chi connectivity index (χ1) is 14.0. The molecule has 4 rings (SSSR count). The molecule has 3 aromatic rings. The van der Waals surface area contributed by atoms with Crippen molar-refractivity contribution in [1.29, 1.82) is 0 Å². The van der Waals surface area contributed by atoms with E-state index in [9.17, 15) is 4.79 Å². The van der Waals surface area contributed by atoms with Crippen molar-refractivity contribution in [3.8, 4) is 0 Å². The van der Waals surface area contributed by atoms with E-state index in [2.05, 4.69) is 75.7 Å². The molecule has 0 bridgehead atoms. The summed E-state index contributed by atoms with van der Waals surface area (Å²) in [5.41, 5.74) is 7.04. The maximum Gasteiger partial charge on any atom is 0.224 e. The second kappa shape index (κ2) is 8.72. The van der Waals surface area contributed by atoms with E-state index < -0.39 is 0 Å². The molecule has 3 nitrogen and oxygen atoms in total. The lowest BCUT2D eigenvalue weighted by atomic mass is 10.0. The number of halogens is 1. The second-order valence-corrected chi connectivity index (χ2v) is 9.59. The van der Waals surface area contributed by atoms with Gasteiger partial charge in [0.25, 0.3) is 0 Å². The van der Waals surface area contributed by atoms with Crippen LogP contribution in [0.15, 0.2) is 52.3 Å². The van der Waals surface area contributed by atoms with Gasteiger partial charge in [0, 0.05) is 40.2 Å². The Morgan fingerprint density at radius 2 is 1.86 bits per heavy atom. The third kappa shape index (κ3) is 4.73. The van der Waals surface area contributed by atoms with Crippen molar-refractivity contribution in [3.05, 3.63) is 79.4 Å². The number of benzene rings is 2. The Hall–Kier alpha value is -2.11. The molecule has 2 aromatic carbocycles. The zero-order chi connectivity index (χ0) is 20.4. The smallest absolute Gasteiger partial charge is 0.224 e. The molecule has 0 radical (unpaired) electrons. The molecule has 0 spiro atoms. The molecule has 1 N–H and O–H groups in total. The molecule has 0 saturated carbocycles. The van der Waals surface area contributed by atoms with E-state index in [1.165, 1.54) is 21.7 Å². The number of anilines is 2. The van der Waals surface area contributed by atoms with Crippen molar-refractivity contribution in [3.63, 3.8) is 0 Å². The molecule has 150 valence electrons. The molecule has 1 aliphatic rings. The number of fused-ring (bicyclic) bond motifs is 1. The molecule has 29 heavy (non-hydrogen) atoms. The number of rotatable bonds is 5. The molecule has 0 aliphatic carbocycles. The first-order valence-electron chi connectivity index (χ1n) is 9.95. The third-order valence-corrected chi connectivity index (χ3v) is 7.06. The molecule has 5 heteroatoms. The number of thiophene rings is 1. The van der Waals surface area contributed by atoms with Gasteiger partial charge in [-0.25, -0.2) is 0 Å². The van der Waals surface area contributed by atoms with E-state index in [1.54, 1.807) is 0 Å². The van der Waals surface area contributed by atoms with Gasteiger partial charge in [-0.3, -0.25) is 4.79 Å². The highest BCUT2D eigenvalue weighted by molar-refractivity contribution is 9.10. The van der Waals surface area contributed by atoms with Crippen molar-refractivity contribution >= 4 is 44.5 Å². The van der Waals surface area contributed by atoms with Gasteiger partial charge in [-0.2, -0.15) is 0 Å². The minimum Gasteiger partial charge on any atom is -0.367 e. The zero-order valence-corrected chi connectivity index (χ0v) is 19.2. The SMILES string of the molecule is Cc1cc(N2CCc3sccc3C2)cc(C)c1NC(=O)CCc1ccc(Br)cc1. The van der Waals surface area contributed by atoms with Crippen LogP contribution in [0.2, 0.25) is 0 Å². The summed E-state index contributed by atoms with van der Waals surface area (Å²) in [6.07, 6.45) is 2.33. The van der Waals surface area contributed by atoms with Crippen molar-refractivity contribution in [2.75, 3.05) is 16.8 Å². The van der Waals surface area contributed by atoms with E-state index in [-0.39, 0.29) is 5.91 Å². The van der Waals surface area contributed by atoms with Crippen LogP contribution in [0, 0.1) is 13.8 Å². The van der Waals surface area contributed by atoms with Gasteiger partial charge in [-0.15, -0.1) is 11.3 Å². The summed E-state index contributed by atoms with van der Waals surface area (Å²) in [7, 11) is 0. The first kappa shape index (κ1) is 20.2. The zero-order valence-electron chi connectivity index (χ0n) is 16.8. The van der Waals surface area contributed by atoms with Gasteiger partial charge >= 0.3 is 0 Å². The number of nitrogens with zero attached hydrogens (tertiary/aromatic N) is 1. The summed E-state index contributed by atoms with van der Waals surface area (Å²) in [4.78, 5) is 16.5. The lowest BCUT2D eigenvalue weighted by Gasteiger charge is -2.30. The molecule has 0 unspecified atom stereocenters. The fourth-order valence-corrected chi connectivity index (χ4v) is 5.05. The molecule has 2 heterocycles. The molecular weight excluding hydrogens is 444 g/mol. The van der Waals surface area contributed by atoms with Crippen LogP contribution < -0.4 is 10.2 Å². The monoisotopic (exact) mass is 468 g/mol. The Labute approximate surface area is 184 Å². The van der Waals surface area contributed by atoms with Gasteiger partial charge in [0.05, 0.1) is 0 Å². The Morgan fingerprint density at radius 3 is 2.59 bits per heavy atom. The first-order valence-corrected chi connectivity index (χ1v) is 11.6. The molecule has 1 aromatic heterocycles. The lowest BCUT2D eigenvalue weighted by molar-refractivity contribution is -0.116. The fraction of sp³-hybridized carbons (Fsp3) is 0.292. The number of carbonyl (C=O) groups is 1. The maximum atomic E-state index is 12.5. The number of aryl methyl sites for hydroxylation is 3. The Balaban J connectivity index is 1.42. The highest BCUT2D eigenvalue weighted by Crippen LogP contribution is 2.32. The van der Waals surface area contributed by atoms with Crippen LogP contribution in [-0.2, 0) is 24.2 Å². The topological polar surface area (TPSA) is 32.3 Å². The van der Waals surface area contributed by atoms with Gasteiger partial charge < -0.3 is 10.2 Å². The quantitative estimate of drug-likeness (QED) is 0.478. The van der Waals surface area contributed by atoms with E-state index in [4.69, 9.17) is 0 Å². The summed E-state index contributed by atoms with van der Waals surface area (Å²) < 4.78 is 1.06. The van der Waals surface area contributed by atoms with Crippen LogP contribution >= 0.6 is 27.3 Å². The van der Waals surface area contributed by atoms with Crippen LogP contribution in [0.25, 0.3) is 0 Å². The Morgan fingerprint density at radius 1 is 1.14 bits per heavy atom. The van der Waals surface area contributed by atoms with E-state index in [1.807, 2.05) is 23.5 Å². The van der Waals surface area contributed by atoms with E-state index in [0.717, 1.165) is 47.2 Å². The van der Waals surface area contributed by atoms with E-state index >= 15 is 0 Å². The van der Waals surface area contributed by atoms with Gasteiger partial charge in [0.1, 0.15) is 0 Å². The average Bonchev–Trinajstić information content (AvgIpc) is 3.18. The molecule has 0 atom stereocenters.